The average molecular weight is 261 g/mol. The summed E-state index contributed by atoms with van der Waals surface area (Å²) in [5.74, 6) is 0. The molecule has 2 rings (SSSR count). The van der Waals surface area contributed by atoms with Crippen LogP contribution in [-0.4, -0.2) is 19.6 Å². The van der Waals surface area contributed by atoms with Gasteiger partial charge < -0.3 is 5.32 Å². The maximum atomic E-state index is 4.33. The number of nitrogens with zero attached hydrogens (tertiary/aromatic N) is 4. The van der Waals surface area contributed by atoms with E-state index in [0.29, 0.717) is 6.04 Å². The lowest BCUT2D eigenvalue weighted by Crippen LogP contribution is -2.17. The molecule has 0 fully saturated rings. The largest absolute Gasteiger partial charge is 0.307 e. The fourth-order valence-electron chi connectivity index (χ4n) is 2.13. The van der Waals surface area contributed by atoms with Crippen LogP contribution in [0.4, 0.5) is 0 Å². The Hall–Kier alpha value is -1.62. The molecule has 0 atom stereocenters. The molecule has 0 aromatic carbocycles. The van der Waals surface area contributed by atoms with Crippen molar-refractivity contribution in [2.45, 2.75) is 52.9 Å². The minimum Gasteiger partial charge on any atom is -0.307 e. The molecule has 0 saturated carbocycles. The second-order valence-corrected chi connectivity index (χ2v) is 5.08. The minimum absolute atomic E-state index is 0.402. The van der Waals surface area contributed by atoms with Crippen molar-refractivity contribution in [1.82, 2.24) is 24.9 Å². The highest BCUT2D eigenvalue weighted by molar-refractivity contribution is 5.05. The van der Waals surface area contributed by atoms with Crippen LogP contribution in [0.3, 0.4) is 0 Å². The van der Waals surface area contributed by atoms with Crippen molar-refractivity contribution in [3.8, 4) is 0 Å². The molecule has 1 N–H and O–H groups in total. The SMILES string of the molecule is CCCn1cc(CNCc2ccnn2C(C)C)cn1. The zero-order chi connectivity index (χ0) is 13.7. The van der Waals surface area contributed by atoms with Gasteiger partial charge in [-0.05, 0) is 26.3 Å². The molecule has 2 aromatic rings. The van der Waals surface area contributed by atoms with Crippen LogP contribution in [0, 0.1) is 0 Å². The smallest absolute Gasteiger partial charge is 0.0534 e. The molecule has 0 radical (unpaired) electrons. The molecule has 0 amide bonds. The lowest BCUT2D eigenvalue weighted by molar-refractivity contribution is 0.495. The summed E-state index contributed by atoms with van der Waals surface area (Å²) in [5.41, 5.74) is 2.44. The summed E-state index contributed by atoms with van der Waals surface area (Å²) in [6.07, 6.45) is 7.01. The van der Waals surface area contributed by atoms with Gasteiger partial charge in [-0.2, -0.15) is 10.2 Å². The molecule has 0 spiro atoms. The first-order valence-electron chi connectivity index (χ1n) is 6.95. The molecule has 0 bridgehead atoms. The summed E-state index contributed by atoms with van der Waals surface area (Å²) in [5, 5.41) is 12.1. The van der Waals surface area contributed by atoms with E-state index in [1.807, 2.05) is 21.8 Å². The van der Waals surface area contributed by atoms with Crippen molar-refractivity contribution in [1.29, 1.82) is 0 Å². The average Bonchev–Trinajstić information content (AvgIpc) is 2.99. The van der Waals surface area contributed by atoms with Gasteiger partial charge in [-0.3, -0.25) is 9.36 Å². The van der Waals surface area contributed by atoms with E-state index in [2.05, 4.69) is 48.5 Å². The highest BCUT2D eigenvalue weighted by Crippen LogP contribution is 2.08. The van der Waals surface area contributed by atoms with Crippen LogP contribution in [0.5, 0.6) is 0 Å². The van der Waals surface area contributed by atoms with Gasteiger partial charge in [0.05, 0.1) is 11.9 Å². The second-order valence-electron chi connectivity index (χ2n) is 5.08. The molecule has 0 aliphatic heterocycles. The predicted octanol–water partition coefficient (Wildman–Crippen LogP) is 2.36. The van der Waals surface area contributed by atoms with Gasteiger partial charge in [-0.1, -0.05) is 6.92 Å². The van der Waals surface area contributed by atoms with Crippen LogP contribution >= 0.6 is 0 Å². The van der Waals surface area contributed by atoms with Crippen LogP contribution in [0.15, 0.2) is 24.7 Å². The third-order valence-electron chi connectivity index (χ3n) is 3.02. The van der Waals surface area contributed by atoms with Gasteiger partial charge in [0.25, 0.3) is 0 Å². The highest BCUT2D eigenvalue weighted by Gasteiger charge is 2.05. The molecule has 5 heteroatoms. The summed E-state index contributed by atoms with van der Waals surface area (Å²) in [6.45, 7) is 9.10. The van der Waals surface area contributed by atoms with Gasteiger partial charge in [0, 0.05) is 43.6 Å². The second kappa shape index (κ2) is 6.52. The lowest BCUT2D eigenvalue weighted by atomic mass is 10.3. The molecule has 2 aromatic heterocycles. The van der Waals surface area contributed by atoms with E-state index in [9.17, 15) is 0 Å². The molecule has 19 heavy (non-hydrogen) atoms. The zero-order valence-corrected chi connectivity index (χ0v) is 12.0. The van der Waals surface area contributed by atoms with E-state index in [4.69, 9.17) is 0 Å². The van der Waals surface area contributed by atoms with E-state index >= 15 is 0 Å². The Labute approximate surface area is 114 Å². The van der Waals surface area contributed by atoms with Gasteiger partial charge in [0.1, 0.15) is 0 Å². The molecule has 0 aliphatic rings. The van der Waals surface area contributed by atoms with E-state index in [1.54, 1.807) is 0 Å². The Balaban J connectivity index is 1.84. The highest BCUT2D eigenvalue weighted by atomic mass is 15.3. The molecular weight excluding hydrogens is 238 g/mol. The zero-order valence-electron chi connectivity index (χ0n) is 12.0. The number of aryl methyl sites for hydroxylation is 1. The van der Waals surface area contributed by atoms with Crippen LogP contribution in [-0.2, 0) is 19.6 Å². The number of hydrogen-bond donors (Lipinski definition) is 1. The van der Waals surface area contributed by atoms with E-state index in [1.165, 1.54) is 11.3 Å². The fourth-order valence-corrected chi connectivity index (χ4v) is 2.13. The molecule has 5 nitrogen and oxygen atoms in total. The van der Waals surface area contributed by atoms with E-state index in [-0.39, 0.29) is 0 Å². The lowest BCUT2D eigenvalue weighted by Gasteiger charge is -2.11. The van der Waals surface area contributed by atoms with Gasteiger partial charge in [-0.15, -0.1) is 0 Å². The Kier molecular flexibility index (Phi) is 4.74. The third kappa shape index (κ3) is 3.67. The first-order valence-corrected chi connectivity index (χ1v) is 6.95. The molecular formula is C14H23N5. The number of nitrogens with one attached hydrogen (secondary N) is 1. The normalized spacial score (nSPS) is 11.4. The molecule has 104 valence electrons. The van der Waals surface area contributed by atoms with Gasteiger partial charge in [0.15, 0.2) is 0 Å². The topological polar surface area (TPSA) is 47.7 Å². The summed E-state index contributed by atoms with van der Waals surface area (Å²) in [6, 6.07) is 2.46. The number of hydrogen-bond acceptors (Lipinski definition) is 3. The Morgan fingerprint density at radius 3 is 2.84 bits per heavy atom. The van der Waals surface area contributed by atoms with Crippen LogP contribution < -0.4 is 5.32 Å². The summed E-state index contributed by atoms with van der Waals surface area (Å²) in [4.78, 5) is 0. The minimum atomic E-state index is 0.402. The van der Waals surface area contributed by atoms with Crippen molar-refractivity contribution in [3.63, 3.8) is 0 Å². The van der Waals surface area contributed by atoms with Crippen molar-refractivity contribution >= 4 is 0 Å². The predicted molar refractivity (Wildman–Crippen MR) is 75.7 cm³/mol. The maximum absolute atomic E-state index is 4.33. The molecule has 2 heterocycles. The van der Waals surface area contributed by atoms with Crippen molar-refractivity contribution in [2.24, 2.45) is 0 Å². The summed E-state index contributed by atoms with van der Waals surface area (Å²) in [7, 11) is 0. The first-order chi connectivity index (χ1) is 9.20. The van der Waals surface area contributed by atoms with E-state index < -0.39 is 0 Å². The quantitative estimate of drug-likeness (QED) is 0.832. The maximum Gasteiger partial charge on any atom is 0.0534 e. The number of rotatable bonds is 7. The standard InChI is InChI=1S/C14H23N5/c1-4-7-18-11-13(9-17-18)8-15-10-14-5-6-16-19(14)12(2)3/h5-6,9,11-12,15H,4,7-8,10H2,1-3H3. The fraction of sp³-hybridized carbons (Fsp3) is 0.571. The summed E-state index contributed by atoms with van der Waals surface area (Å²) >= 11 is 0. The van der Waals surface area contributed by atoms with E-state index in [0.717, 1.165) is 26.1 Å². The number of aromatic nitrogens is 4. The van der Waals surface area contributed by atoms with Crippen molar-refractivity contribution < 1.29 is 0 Å². The monoisotopic (exact) mass is 261 g/mol. The van der Waals surface area contributed by atoms with Crippen LogP contribution in [0.2, 0.25) is 0 Å². The molecule has 0 unspecified atom stereocenters. The van der Waals surface area contributed by atoms with Crippen molar-refractivity contribution in [3.05, 3.63) is 35.9 Å². The summed E-state index contributed by atoms with van der Waals surface area (Å²) < 4.78 is 4.04. The molecule has 0 aliphatic carbocycles. The first kappa shape index (κ1) is 13.8. The van der Waals surface area contributed by atoms with Crippen molar-refractivity contribution in [2.75, 3.05) is 0 Å². The van der Waals surface area contributed by atoms with Crippen LogP contribution in [0.25, 0.3) is 0 Å². The Morgan fingerprint density at radius 1 is 1.26 bits per heavy atom. The van der Waals surface area contributed by atoms with Gasteiger partial charge in [-0.25, -0.2) is 0 Å². The van der Waals surface area contributed by atoms with Crippen LogP contribution in [0.1, 0.15) is 44.5 Å². The molecule has 0 saturated heterocycles. The van der Waals surface area contributed by atoms with Gasteiger partial charge >= 0.3 is 0 Å². The van der Waals surface area contributed by atoms with Gasteiger partial charge in [0.2, 0.25) is 0 Å². The third-order valence-corrected chi connectivity index (χ3v) is 3.02. The Morgan fingerprint density at radius 2 is 2.11 bits per heavy atom. The Bertz CT molecular complexity index is 497.